The summed E-state index contributed by atoms with van der Waals surface area (Å²) in [7, 11) is -3.80. The van der Waals surface area contributed by atoms with E-state index in [0.717, 1.165) is 4.90 Å². The maximum Gasteiger partial charge on any atom is 0.408 e. The number of nitrogens with zero attached hydrogens (tertiary/aromatic N) is 1. The Balaban J connectivity index is 2.75. The molecule has 0 bridgehead atoms. The van der Waals surface area contributed by atoms with Crippen LogP contribution in [0.3, 0.4) is 0 Å². The number of amides is 1. The highest BCUT2D eigenvalue weighted by Crippen LogP contribution is 2.18. The lowest BCUT2D eigenvalue weighted by molar-refractivity contribution is 0.105. The van der Waals surface area contributed by atoms with Crippen LogP contribution in [0.15, 0.2) is 41.1 Å². The highest BCUT2D eigenvalue weighted by Gasteiger charge is 2.27. The van der Waals surface area contributed by atoms with Gasteiger partial charge in [-0.1, -0.05) is 0 Å². The summed E-state index contributed by atoms with van der Waals surface area (Å²) in [5.74, 6) is 0.305. The van der Waals surface area contributed by atoms with Crippen LogP contribution in [-0.2, 0) is 10.0 Å². The van der Waals surface area contributed by atoms with Crippen LogP contribution in [0.2, 0.25) is 0 Å². The molecular weight excluding hydrogens is 339 g/mol. The van der Waals surface area contributed by atoms with Crippen LogP contribution in [0.25, 0.3) is 0 Å². The molecule has 0 unspecified atom stereocenters. The van der Waals surface area contributed by atoms with Crippen molar-refractivity contribution in [2.45, 2.75) is 31.2 Å². The van der Waals surface area contributed by atoms with Crippen LogP contribution in [-0.4, -0.2) is 43.2 Å². The first-order chi connectivity index (χ1) is 10.9. The fraction of sp³-hybridized carbons (Fsp3) is 0.400. The first kappa shape index (κ1) is 19.9. The zero-order chi connectivity index (χ0) is 18.5. The summed E-state index contributed by atoms with van der Waals surface area (Å²) in [6.45, 7) is 4.77. The minimum Gasteiger partial charge on any atom is -0.489 e. The van der Waals surface area contributed by atoms with E-state index in [4.69, 9.17) is 9.88 Å². The summed E-state index contributed by atoms with van der Waals surface area (Å²) in [6.07, 6.45) is -0.861. The molecule has 0 spiro atoms. The first-order valence-corrected chi connectivity index (χ1v) is 8.54. The van der Waals surface area contributed by atoms with E-state index in [0.29, 0.717) is 12.1 Å². The van der Waals surface area contributed by atoms with E-state index in [9.17, 15) is 22.7 Å². The fourth-order valence-corrected chi connectivity index (χ4v) is 2.32. The van der Waals surface area contributed by atoms with Crippen molar-refractivity contribution in [3.63, 3.8) is 0 Å². The Morgan fingerprint density at radius 1 is 1.33 bits per heavy atom. The average Bonchev–Trinajstić information content (AvgIpc) is 2.45. The molecule has 0 aliphatic carbocycles. The highest BCUT2D eigenvalue weighted by molar-refractivity contribution is 7.89. The van der Waals surface area contributed by atoms with Gasteiger partial charge in [-0.05, 0) is 45.0 Å². The summed E-state index contributed by atoms with van der Waals surface area (Å²) in [6, 6.07) is 5.30. The molecule has 0 aromatic heterocycles. The van der Waals surface area contributed by atoms with E-state index in [-0.39, 0.29) is 23.6 Å². The molecule has 1 amide bonds. The molecule has 0 radical (unpaired) electrons. The van der Waals surface area contributed by atoms with E-state index >= 15 is 0 Å². The average molecular weight is 360 g/mol. The van der Waals surface area contributed by atoms with Crippen LogP contribution in [0.1, 0.15) is 20.8 Å². The first-order valence-electron chi connectivity index (χ1n) is 6.99. The molecule has 0 saturated heterocycles. The molecule has 1 aromatic rings. The van der Waals surface area contributed by atoms with Gasteiger partial charge in [-0.3, -0.25) is 4.90 Å². The normalized spacial score (nSPS) is 12.8. The topological polar surface area (TPSA) is 110 Å². The number of hydrogen-bond acceptors (Lipinski definition) is 4. The van der Waals surface area contributed by atoms with Gasteiger partial charge < -0.3 is 9.84 Å². The molecule has 0 aliphatic rings. The van der Waals surface area contributed by atoms with Crippen molar-refractivity contribution in [1.82, 2.24) is 4.90 Å². The lowest BCUT2D eigenvalue weighted by Gasteiger charge is -2.33. The Hall–Kier alpha value is -2.13. The fourth-order valence-electron chi connectivity index (χ4n) is 1.81. The minimum atomic E-state index is -3.80. The molecule has 0 atom stereocenters. The number of rotatable bonds is 6. The molecule has 9 heteroatoms. The van der Waals surface area contributed by atoms with Crippen molar-refractivity contribution in [3.8, 4) is 5.75 Å². The van der Waals surface area contributed by atoms with Gasteiger partial charge in [0.25, 0.3) is 0 Å². The third kappa shape index (κ3) is 5.82. The molecule has 1 aromatic carbocycles. The molecule has 0 fully saturated rings. The maximum atomic E-state index is 13.0. The van der Waals surface area contributed by atoms with Gasteiger partial charge in [0.05, 0.1) is 17.8 Å². The van der Waals surface area contributed by atoms with Crippen molar-refractivity contribution < 1.29 is 27.4 Å². The number of halogens is 1. The van der Waals surface area contributed by atoms with E-state index < -0.39 is 21.7 Å². The van der Waals surface area contributed by atoms with Crippen molar-refractivity contribution in [2.24, 2.45) is 5.14 Å². The number of carboxylic acid groups (broad SMARTS) is 1. The van der Waals surface area contributed by atoms with E-state index in [1.54, 1.807) is 20.8 Å². The van der Waals surface area contributed by atoms with Gasteiger partial charge in [0, 0.05) is 11.1 Å². The largest absolute Gasteiger partial charge is 0.489 e. The highest BCUT2D eigenvalue weighted by atomic mass is 32.2. The lowest BCUT2D eigenvalue weighted by atomic mass is 10.1. The number of hydrogen-bond donors (Lipinski definition) is 2. The molecular formula is C15H21FN2O5S. The van der Waals surface area contributed by atoms with Crippen LogP contribution < -0.4 is 9.88 Å². The minimum absolute atomic E-state index is 0.0686. The summed E-state index contributed by atoms with van der Waals surface area (Å²) in [5, 5.41) is 14.2. The third-order valence-corrected chi connectivity index (χ3v) is 4.06. The number of nitrogens with two attached hydrogens (primary N) is 1. The zero-order valence-electron chi connectivity index (χ0n) is 13.7. The maximum absolute atomic E-state index is 13.0. The Kier molecular flexibility index (Phi) is 6.33. The molecule has 7 nitrogen and oxygen atoms in total. The SMILES string of the molecule is CC(C)(C)N(CC(=CF)COc1ccc(S(N)(=O)=O)cc1)C(=O)O. The number of sulfonamides is 1. The van der Waals surface area contributed by atoms with Crippen molar-refractivity contribution >= 4 is 16.1 Å². The Morgan fingerprint density at radius 2 is 1.88 bits per heavy atom. The van der Waals surface area contributed by atoms with Gasteiger partial charge in [-0.25, -0.2) is 22.7 Å². The van der Waals surface area contributed by atoms with Crippen LogP contribution >= 0.6 is 0 Å². The molecule has 24 heavy (non-hydrogen) atoms. The van der Waals surface area contributed by atoms with E-state index in [2.05, 4.69) is 0 Å². The molecule has 134 valence electrons. The summed E-state index contributed by atoms with van der Waals surface area (Å²) < 4.78 is 40.7. The zero-order valence-corrected chi connectivity index (χ0v) is 14.5. The number of primary sulfonamides is 1. The quantitative estimate of drug-likeness (QED) is 0.809. The van der Waals surface area contributed by atoms with Gasteiger partial charge in [-0.2, -0.15) is 0 Å². The van der Waals surface area contributed by atoms with Crippen molar-refractivity contribution in [2.75, 3.05) is 13.2 Å². The Morgan fingerprint density at radius 3 is 2.25 bits per heavy atom. The predicted molar refractivity (Wildman–Crippen MR) is 87.0 cm³/mol. The second-order valence-electron chi connectivity index (χ2n) is 6.11. The Labute approximate surface area is 140 Å². The van der Waals surface area contributed by atoms with E-state index in [1.165, 1.54) is 24.3 Å². The Bertz CT molecular complexity index is 708. The third-order valence-electron chi connectivity index (χ3n) is 3.13. The summed E-state index contributed by atoms with van der Waals surface area (Å²) in [5.41, 5.74) is -0.570. The van der Waals surface area contributed by atoms with Gasteiger partial charge in [0.2, 0.25) is 10.0 Å². The standard InChI is InChI=1S/C15H21FN2O5S/c1-15(2,3)18(14(19)20)9-11(8-16)10-23-12-4-6-13(7-5-12)24(17,21)22/h4-8H,9-10H2,1-3H3,(H,19,20)(H2,17,21,22). The molecule has 0 aliphatic heterocycles. The monoisotopic (exact) mass is 360 g/mol. The van der Waals surface area contributed by atoms with Crippen LogP contribution in [0.4, 0.5) is 9.18 Å². The predicted octanol–water partition coefficient (Wildman–Crippen LogP) is 2.34. The molecule has 0 heterocycles. The number of benzene rings is 1. The second-order valence-corrected chi connectivity index (χ2v) is 7.67. The van der Waals surface area contributed by atoms with Crippen molar-refractivity contribution in [1.29, 1.82) is 0 Å². The van der Waals surface area contributed by atoms with Crippen molar-refractivity contribution in [3.05, 3.63) is 36.2 Å². The number of ether oxygens (including phenoxy) is 1. The summed E-state index contributed by atoms with van der Waals surface area (Å²) in [4.78, 5) is 12.3. The molecule has 0 saturated carbocycles. The lowest BCUT2D eigenvalue weighted by Crippen LogP contribution is -2.46. The van der Waals surface area contributed by atoms with Gasteiger partial charge in [-0.15, -0.1) is 0 Å². The second kappa shape index (κ2) is 7.63. The van der Waals surface area contributed by atoms with Crippen LogP contribution in [0.5, 0.6) is 5.75 Å². The van der Waals surface area contributed by atoms with E-state index in [1.807, 2.05) is 0 Å². The molecule has 1 rings (SSSR count). The smallest absolute Gasteiger partial charge is 0.408 e. The molecule has 3 N–H and O–H groups in total. The summed E-state index contributed by atoms with van der Waals surface area (Å²) >= 11 is 0. The van der Waals surface area contributed by atoms with Gasteiger partial charge >= 0.3 is 6.09 Å². The number of carbonyl (C=O) groups is 1. The van der Waals surface area contributed by atoms with Gasteiger partial charge in [0.1, 0.15) is 12.4 Å². The van der Waals surface area contributed by atoms with Crippen LogP contribution in [0, 0.1) is 0 Å². The van der Waals surface area contributed by atoms with Gasteiger partial charge in [0.15, 0.2) is 0 Å².